The highest BCUT2D eigenvalue weighted by atomic mass is 127. The van der Waals surface area contributed by atoms with Gasteiger partial charge in [-0.25, -0.2) is 4.79 Å². The highest BCUT2D eigenvalue weighted by molar-refractivity contribution is 14.1. The van der Waals surface area contributed by atoms with E-state index in [1.807, 2.05) is 25.1 Å². The predicted molar refractivity (Wildman–Crippen MR) is 57.1 cm³/mol. The van der Waals surface area contributed by atoms with Crippen LogP contribution in [0.4, 0.5) is 10.5 Å². The molecule has 3 nitrogen and oxygen atoms in total. The first-order valence-electron chi connectivity index (χ1n) is 3.42. The Balaban J connectivity index is 2.93. The van der Waals surface area contributed by atoms with Gasteiger partial charge in [-0.3, -0.25) is 0 Å². The lowest BCUT2D eigenvalue weighted by Crippen LogP contribution is -2.19. The lowest BCUT2D eigenvalue weighted by atomic mass is 10.2. The Morgan fingerprint density at radius 1 is 1.58 bits per heavy atom. The van der Waals surface area contributed by atoms with E-state index in [2.05, 4.69) is 27.9 Å². The average Bonchev–Trinajstić information content (AvgIpc) is 1.94. The molecule has 0 saturated heterocycles. The van der Waals surface area contributed by atoms with Crippen molar-refractivity contribution < 1.29 is 4.79 Å². The molecule has 0 aliphatic carbocycles. The van der Waals surface area contributed by atoms with Crippen LogP contribution < -0.4 is 11.1 Å². The maximum Gasteiger partial charge on any atom is 0.316 e. The Morgan fingerprint density at radius 2 is 2.25 bits per heavy atom. The van der Waals surface area contributed by atoms with E-state index in [0.29, 0.717) is 0 Å². The normalized spacial score (nSPS) is 9.50. The third-order valence-corrected chi connectivity index (χ3v) is 2.12. The lowest BCUT2D eigenvalue weighted by molar-refractivity contribution is 0.259. The van der Waals surface area contributed by atoms with Crippen LogP contribution in [0.5, 0.6) is 0 Å². The summed E-state index contributed by atoms with van der Waals surface area (Å²) in [6, 6.07) is 5.20. The first-order valence-corrected chi connectivity index (χ1v) is 4.50. The second-order valence-corrected chi connectivity index (χ2v) is 3.69. The average molecular weight is 276 g/mol. The van der Waals surface area contributed by atoms with Crippen molar-refractivity contribution in [2.75, 3.05) is 5.32 Å². The molecular weight excluding hydrogens is 267 g/mol. The van der Waals surface area contributed by atoms with Gasteiger partial charge in [-0.05, 0) is 53.3 Å². The van der Waals surface area contributed by atoms with Gasteiger partial charge in [0.1, 0.15) is 0 Å². The summed E-state index contributed by atoms with van der Waals surface area (Å²) in [5.41, 5.74) is 6.76. The fraction of sp³-hybridized carbons (Fsp3) is 0.125. The molecule has 0 aromatic heterocycles. The number of benzene rings is 1. The van der Waals surface area contributed by atoms with Crippen LogP contribution in [0, 0.1) is 10.5 Å². The first kappa shape index (κ1) is 9.31. The molecular formula is C8H9IN2O. The second kappa shape index (κ2) is 3.75. The molecule has 0 fully saturated rings. The molecule has 2 amide bonds. The molecule has 0 aliphatic rings. The number of urea groups is 1. The molecule has 0 spiro atoms. The van der Waals surface area contributed by atoms with Crippen LogP contribution in [0.2, 0.25) is 0 Å². The monoisotopic (exact) mass is 276 g/mol. The summed E-state index contributed by atoms with van der Waals surface area (Å²) in [6.07, 6.45) is 0. The molecule has 0 unspecified atom stereocenters. The maximum atomic E-state index is 10.5. The van der Waals surface area contributed by atoms with Gasteiger partial charge in [0.15, 0.2) is 0 Å². The molecule has 0 saturated carbocycles. The van der Waals surface area contributed by atoms with Gasteiger partial charge in [0.2, 0.25) is 0 Å². The minimum Gasteiger partial charge on any atom is -0.351 e. The fourth-order valence-corrected chi connectivity index (χ4v) is 1.55. The van der Waals surface area contributed by atoms with Crippen LogP contribution in [0.1, 0.15) is 5.56 Å². The van der Waals surface area contributed by atoms with Crippen molar-refractivity contribution in [1.29, 1.82) is 0 Å². The molecule has 1 rings (SSSR count). The number of amides is 2. The van der Waals surface area contributed by atoms with Gasteiger partial charge in [-0.2, -0.15) is 0 Å². The van der Waals surface area contributed by atoms with Gasteiger partial charge < -0.3 is 11.1 Å². The molecule has 0 bridgehead atoms. The number of rotatable bonds is 1. The number of carbonyl (C=O) groups excluding carboxylic acids is 1. The van der Waals surface area contributed by atoms with Crippen LogP contribution in [0.15, 0.2) is 18.2 Å². The van der Waals surface area contributed by atoms with Crippen molar-refractivity contribution in [3.63, 3.8) is 0 Å². The maximum absolute atomic E-state index is 10.5. The summed E-state index contributed by atoms with van der Waals surface area (Å²) in [4.78, 5) is 10.5. The molecule has 0 atom stereocenters. The Hall–Kier alpha value is -0.780. The molecule has 0 aliphatic heterocycles. The molecule has 0 radical (unpaired) electrons. The zero-order chi connectivity index (χ0) is 9.14. The number of primary amides is 1. The van der Waals surface area contributed by atoms with Crippen LogP contribution >= 0.6 is 22.6 Å². The number of nitrogens with one attached hydrogen (secondary N) is 1. The topological polar surface area (TPSA) is 55.1 Å². The molecule has 64 valence electrons. The quantitative estimate of drug-likeness (QED) is 0.758. The van der Waals surface area contributed by atoms with Crippen molar-refractivity contribution in [2.45, 2.75) is 6.92 Å². The molecule has 4 heteroatoms. The number of aryl methyl sites for hydroxylation is 1. The summed E-state index contributed by atoms with van der Waals surface area (Å²) in [7, 11) is 0. The second-order valence-electron chi connectivity index (χ2n) is 2.45. The number of anilines is 1. The van der Waals surface area contributed by atoms with Gasteiger partial charge in [0.25, 0.3) is 0 Å². The largest absolute Gasteiger partial charge is 0.351 e. The Labute approximate surface area is 84.5 Å². The van der Waals surface area contributed by atoms with E-state index in [-0.39, 0.29) is 0 Å². The summed E-state index contributed by atoms with van der Waals surface area (Å²) >= 11 is 2.21. The van der Waals surface area contributed by atoms with Crippen LogP contribution in [-0.2, 0) is 0 Å². The summed E-state index contributed by atoms with van der Waals surface area (Å²) in [5.74, 6) is 0. The van der Waals surface area contributed by atoms with Crippen LogP contribution in [0.3, 0.4) is 0 Å². The van der Waals surface area contributed by atoms with E-state index in [1.54, 1.807) is 0 Å². The molecule has 3 N–H and O–H groups in total. The zero-order valence-electron chi connectivity index (χ0n) is 6.60. The van der Waals surface area contributed by atoms with Crippen molar-refractivity contribution in [2.24, 2.45) is 5.73 Å². The SMILES string of the molecule is Cc1cc(I)ccc1NC(N)=O. The van der Waals surface area contributed by atoms with E-state index in [9.17, 15) is 4.79 Å². The standard InChI is InChI=1S/C8H9IN2O/c1-5-4-6(9)2-3-7(5)11-8(10)12/h2-4H,1H3,(H3,10,11,12). The number of hydrogen-bond acceptors (Lipinski definition) is 1. The van der Waals surface area contributed by atoms with Crippen LogP contribution in [0.25, 0.3) is 0 Å². The fourth-order valence-electron chi connectivity index (χ4n) is 0.900. The Bertz CT molecular complexity index is 312. The number of carbonyl (C=O) groups is 1. The van der Waals surface area contributed by atoms with E-state index in [1.165, 1.54) is 0 Å². The highest BCUT2D eigenvalue weighted by Crippen LogP contribution is 2.17. The Morgan fingerprint density at radius 3 is 2.75 bits per heavy atom. The first-order chi connectivity index (χ1) is 5.59. The third kappa shape index (κ3) is 2.37. The minimum absolute atomic E-state index is 0.528. The van der Waals surface area contributed by atoms with Gasteiger partial charge in [0.05, 0.1) is 0 Å². The summed E-state index contributed by atoms with van der Waals surface area (Å²) < 4.78 is 1.14. The van der Waals surface area contributed by atoms with Crippen molar-refractivity contribution in [3.8, 4) is 0 Å². The Kier molecular flexibility index (Phi) is 2.91. The number of halogens is 1. The summed E-state index contributed by atoms with van der Waals surface area (Å²) in [6.45, 7) is 1.92. The van der Waals surface area contributed by atoms with E-state index >= 15 is 0 Å². The van der Waals surface area contributed by atoms with Crippen molar-refractivity contribution in [1.82, 2.24) is 0 Å². The number of nitrogens with two attached hydrogens (primary N) is 1. The number of hydrogen-bond donors (Lipinski definition) is 2. The van der Waals surface area contributed by atoms with Gasteiger partial charge in [-0.15, -0.1) is 0 Å². The predicted octanol–water partition coefficient (Wildman–Crippen LogP) is 2.09. The van der Waals surface area contributed by atoms with E-state index in [4.69, 9.17) is 5.73 Å². The minimum atomic E-state index is -0.528. The van der Waals surface area contributed by atoms with E-state index < -0.39 is 6.03 Å². The third-order valence-electron chi connectivity index (χ3n) is 1.45. The lowest BCUT2D eigenvalue weighted by Gasteiger charge is -2.05. The molecule has 1 aromatic carbocycles. The summed E-state index contributed by atoms with van der Waals surface area (Å²) in [5, 5.41) is 2.54. The van der Waals surface area contributed by atoms with Crippen LogP contribution in [-0.4, -0.2) is 6.03 Å². The van der Waals surface area contributed by atoms with Crippen molar-refractivity contribution in [3.05, 3.63) is 27.3 Å². The van der Waals surface area contributed by atoms with E-state index in [0.717, 1.165) is 14.8 Å². The molecule has 0 heterocycles. The van der Waals surface area contributed by atoms with Crippen molar-refractivity contribution >= 4 is 34.3 Å². The smallest absolute Gasteiger partial charge is 0.316 e. The molecule has 1 aromatic rings. The molecule has 12 heavy (non-hydrogen) atoms. The van der Waals surface area contributed by atoms with Gasteiger partial charge in [-0.1, -0.05) is 0 Å². The highest BCUT2D eigenvalue weighted by Gasteiger charge is 1.99. The zero-order valence-corrected chi connectivity index (χ0v) is 8.75. The van der Waals surface area contributed by atoms with Gasteiger partial charge in [0, 0.05) is 9.26 Å². The van der Waals surface area contributed by atoms with Gasteiger partial charge >= 0.3 is 6.03 Å².